The van der Waals surface area contributed by atoms with Crippen LogP contribution in [0.1, 0.15) is 13.8 Å². The van der Waals surface area contributed by atoms with Gasteiger partial charge in [-0.15, -0.1) is 0 Å². The van der Waals surface area contributed by atoms with Gasteiger partial charge in [0.2, 0.25) is 0 Å². The molecule has 9 heavy (non-hydrogen) atoms. The first-order chi connectivity index (χ1) is 4.20. The minimum atomic E-state index is 0.459. The van der Waals surface area contributed by atoms with Crippen molar-refractivity contribution in [2.75, 3.05) is 13.6 Å². The molecule has 0 aromatic carbocycles. The second-order valence-electron chi connectivity index (χ2n) is 2.73. The fourth-order valence-electron chi connectivity index (χ4n) is 0.989. The molecule has 1 aliphatic rings. The van der Waals surface area contributed by atoms with Gasteiger partial charge in [0.1, 0.15) is 0 Å². The maximum absolute atomic E-state index is 3.34. The van der Waals surface area contributed by atoms with Crippen LogP contribution < -0.4 is 10.7 Å². The van der Waals surface area contributed by atoms with E-state index >= 15 is 0 Å². The zero-order chi connectivity index (χ0) is 6.85. The number of nitrogens with zero attached hydrogens (tertiary/aromatic N) is 1. The molecule has 0 bridgehead atoms. The van der Waals surface area contributed by atoms with Crippen LogP contribution in [0.4, 0.5) is 0 Å². The van der Waals surface area contributed by atoms with Crippen molar-refractivity contribution in [3.8, 4) is 0 Å². The van der Waals surface area contributed by atoms with E-state index in [4.69, 9.17) is 0 Å². The third kappa shape index (κ3) is 1.64. The number of hydrogen-bond acceptors (Lipinski definition) is 3. The zero-order valence-electron chi connectivity index (χ0n) is 6.31. The summed E-state index contributed by atoms with van der Waals surface area (Å²) in [5.41, 5.74) is 3.30. The topological polar surface area (TPSA) is 27.3 Å². The lowest BCUT2D eigenvalue weighted by Crippen LogP contribution is -2.60. The molecule has 1 aliphatic heterocycles. The molecule has 0 aliphatic carbocycles. The van der Waals surface area contributed by atoms with Crippen molar-refractivity contribution in [1.82, 2.24) is 15.8 Å². The van der Waals surface area contributed by atoms with E-state index < -0.39 is 0 Å². The van der Waals surface area contributed by atoms with E-state index in [2.05, 4.69) is 29.6 Å². The Balaban J connectivity index is 2.35. The molecule has 2 N–H and O–H groups in total. The van der Waals surface area contributed by atoms with Gasteiger partial charge >= 0.3 is 0 Å². The van der Waals surface area contributed by atoms with Crippen LogP contribution in [0, 0.1) is 0 Å². The Labute approximate surface area is 56.4 Å². The Bertz CT molecular complexity index is 94.3. The molecule has 1 rings (SSSR count). The average molecular weight is 129 g/mol. The normalized spacial score (nSPS) is 39.0. The van der Waals surface area contributed by atoms with Gasteiger partial charge in [0, 0.05) is 19.6 Å². The summed E-state index contributed by atoms with van der Waals surface area (Å²) < 4.78 is 0. The number of hydrazine groups is 1. The van der Waals surface area contributed by atoms with E-state index in [0.717, 1.165) is 6.54 Å². The molecule has 3 heteroatoms. The molecule has 54 valence electrons. The highest BCUT2D eigenvalue weighted by Crippen LogP contribution is 1.95. The Kier molecular flexibility index (Phi) is 2.05. The Hall–Kier alpha value is -0.120. The standard InChI is InChI=1S/C6H15N3/c1-5-4-7-6(2)9(3)8-5/h5-8H,4H2,1-3H3. The van der Waals surface area contributed by atoms with Crippen molar-refractivity contribution in [3.63, 3.8) is 0 Å². The van der Waals surface area contributed by atoms with Crippen LogP contribution in [0.25, 0.3) is 0 Å². The third-order valence-electron chi connectivity index (χ3n) is 1.72. The molecule has 0 spiro atoms. The summed E-state index contributed by atoms with van der Waals surface area (Å²) in [4.78, 5) is 0. The van der Waals surface area contributed by atoms with E-state index in [1.54, 1.807) is 0 Å². The maximum atomic E-state index is 3.34. The lowest BCUT2D eigenvalue weighted by atomic mass is 10.3. The summed E-state index contributed by atoms with van der Waals surface area (Å²) in [6.07, 6.45) is 0.459. The van der Waals surface area contributed by atoms with Crippen LogP contribution in [0.5, 0.6) is 0 Å². The zero-order valence-corrected chi connectivity index (χ0v) is 6.31. The largest absolute Gasteiger partial charge is 0.299 e. The number of hydrogen-bond donors (Lipinski definition) is 2. The SMILES string of the molecule is CC1CNC(C)N(C)N1. The van der Waals surface area contributed by atoms with E-state index in [9.17, 15) is 0 Å². The number of rotatable bonds is 0. The average Bonchev–Trinajstić information content (AvgIpc) is 1.80. The van der Waals surface area contributed by atoms with Gasteiger partial charge in [-0.05, 0) is 13.8 Å². The van der Waals surface area contributed by atoms with Gasteiger partial charge in [-0.3, -0.25) is 5.32 Å². The van der Waals surface area contributed by atoms with Crippen LogP contribution >= 0.6 is 0 Å². The molecular weight excluding hydrogens is 114 g/mol. The molecule has 0 radical (unpaired) electrons. The second-order valence-corrected chi connectivity index (χ2v) is 2.73. The Morgan fingerprint density at radius 1 is 1.44 bits per heavy atom. The number of nitrogens with one attached hydrogen (secondary N) is 2. The highest BCUT2D eigenvalue weighted by molar-refractivity contribution is 4.71. The molecule has 0 aromatic heterocycles. The monoisotopic (exact) mass is 129 g/mol. The first-order valence-electron chi connectivity index (χ1n) is 3.42. The van der Waals surface area contributed by atoms with Gasteiger partial charge in [-0.2, -0.15) is 0 Å². The highest BCUT2D eigenvalue weighted by atomic mass is 15.6. The molecule has 0 amide bonds. The van der Waals surface area contributed by atoms with Gasteiger partial charge in [0.25, 0.3) is 0 Å². The van der Waals surface area contributed by atoms with E-state index in [-0.39, 0.29) is 0 Å². The van der Waals surface area contributed by atoms with Crippen molar-refractivity contribution in [1.29, 1.82) is 0 Å². The highest BCUT2D eigenvalue weighted by Gasteiger charge is 2.16. The van der Waals surface area contributed by atoms with Crippen molar-refractivity contribution < 1.29 is 0 Å². The summed E-state index contributed by atoms with van der Waals surface area (Å²) in [5, 5.41) is 5.44. The van der Waals surface area contributed by atoms with Crippen molar-refractivity contribution >= 4 is 0 Å². The Morgan fingerprint density at radius 2 is 2.11 bits per heavy atom. The lowest BCUT2D eigenvalue weighted by molar-refractivity contribution is 0.0857. The quantitative estimate of drug-likeness (QED) is 0.473. The van der Waals surface area contributed by atoms with Crippen LogP contribution in [0.15, 0.2) is 0 Å². The summed E-state index contributed by atoms with van der Waals surface area (Å²) >= 11 is 0. The molecule has 3 nitrogen and oxygen atoms in total. The summed E-state index contributed by atoms with van der Waals surface area (Å²) in [6, 6.07) is 0.561. The first kappa shape index (κ1) is 6.99. The van der Waals surface area contributed by atoms with Crippen molar-refractivity contribution in [2.24, 2.45) is 0 Å². The second kappa shape index (κ2) is 2.64. The molecule has 0 aromatic rings. The van der Waals surface area contributed by atoms with Crippen molar-refractivity contribution in [2.45, 2.75) is 26.1 Å². The van der Waals surface area contributed by atoms with E-state index in [1.165, 1.54) is 0 Å². The van der Waals surface area contributed by atoms with Crippen molar-refractivity contribution in [3.05, 3.63) is 0 Å². The lowest BCUT2D eigenvalue weighted by Gasteiger charge is -2.35. The third-order valence-corrected chi connectivity index (χ3v) is 1.72. The fraction of sp³-hybridized carbons (Fsp3) is 1.00. The van der Waals surface area contributed by atoms with Crippen LogP contribution in [-0.4, -0.2) is 30.8 Å². The molecule has 2 unspecified atom stereocenters. The summed E-state index contributed by atoms with van der Waals surface area (Å²) in [5.74, 6) is 0. The Morgan fingerprint density at radius 3 is 2.56 bits per heavy atom. The van der Waals surface area contributed by atoms with Crippen LogP contribution in [0.2, 0.25) is 0 Å². The molecule has 0 saturated carbocycles. The van der Waals surface area contributed by atoms with E-state index in [1.807, 2.05) is 7.05 Å². The minimum absolute atomic E-state index is 0.459. The van der Waals surface area contributed by atoms with Crippen LogP contribution in [-0.2, 0) is 0 Å². The van der Waals surface area contributed by atoms with Gasteiger partial charge in [0.15, 0.2) is 0 Å². The van der Waals surface area contributed by atoms with E-state index in [0.29, 0.717) is 12.2 Å². The first-order valence-corrected chi connectivity index (χ1v) is 3.42. The summed E-state index contributed by atoms with van der Waals surface area (Å²) in [7, 11) is 2.05. The predicted molar refractivity (Wildman–Crippen MR) is 37.8 cm³/mol. The van der Waals surface area contributed by atoms with Gasteiger partial charge in [-0.1, -0.05) is 0 Å². The maximum Gasteiger partial charge on any atom is 0.0701 e. The molecule has 1 saturated heterocycles. The molecular formula is C6H15N3. The predicted octanol–water partition coefficient (Wildman–Crippen LogP) is -0.239. The van der Waals surface area contributed by atoms with Crippen LogP contribution in [0.3, 0.4) is 0 Å². The summed E-state index contributed by atoms with van der Waals surface area (Å²) in [6.45, 7) is 5.36. The minimum Gasteiger partial charge on any atom is -0.299 e. The van der Waals surface area contributed by atoms with Gasteiger partial charge < -0.3 is 0 Å². The fourth-order valence-corrected chi connectivity index (χ4v) is 0.989. The van der Waals surface area contributed by atoms with Gasteiger partial charge in [-0.25, -0.2) is 10.4 Å². The van der Waals surface area contributed by atoms with Gasteiger partial charge in [0.05, 0.1) is 6.17 Å². The molecule has 1 fully saturated rings. The molecule has 2 atom stereocenters. The molecule has 1 heterocycles. The smallest absolute Gasteiger partial charge is 0.0701 e.